The number of carbonyl (C=O) groups is 1. The van der Waals surface area contributed by atoms with Gasteiger partial charge >= 0.3 is 5.97 Å². The molecule has 0 radical (unpaired) electrons. The van der Waals surface area contributed by atoms with E-state index >= 15 is 0 Å². The zero-order valence-electron chi connectivity index (χ0n) is 20.2. The number of nitrogens with one attached hydrogen (secondary N) is 1. The van der Waals surface area contributed by atoms with Gasteiger partial charge in [-0.1, -0.05) is 17.7 Å². The maximum absolute atomic E-state index is 12.9. The van der Waals surface area contributed by atoms with Crippen molar-refractivity contribution in [2.24, 2.45) is 0 Å². The van der Waals surface area contributed by atoms with Crippen molar-refractivity contribution in [2.45, 2.75) is 62.0 Å². The van der Waals surface area contributed by atoms with Crippen LogP contribution in [0.5, 0.6) is 5.88 Å². The summed E-state index contributed by atoms with van der Waals surface area (Å²) in [5.41, 5.74) is 1.02. The summed E-state index contributed by atoms with van der Waals surface area (Å²) >= 11 is 0. The van der Waals surface area contributed by atoms with Crippen LogP contribution in [0, 0.1) is 6.92 Å². The number of hydrogen-bond donors (Lipinski definition) is 1. The zero-order valence-corrected chi connectivity index (χ0v) is 21.0. The molecule has 2 aromatic rings. The van der Waals surface area contributed by atoms with Crippen molar-refractivity contribution >= 4 is 21.9 Å². The Balaban J connectivity index is 1.15. The SMILES string of the molecule is CC(=O)O[C@H]1CO[C@@H]2C(Oc3ccnc(NC4CCN(S(=O)(=O)c5ccc(C)cc5)CC4)n3)CO[C@H]12. The quantitative estimate of drug-likeness (QED) is 0.539. The number of aromatic nitrogens is 2. The Kier molecular flexibility index (Phi) is 7.11. The summed E-state index contributed by atoms with van der Waals surface area (Å²) in [5.74, 6) is 0.413. The van der Waals surface area contributed by atoms with Gasteiger partial charge in [-0.3, -0.25) is 4.79 Å². The lowest BCUT2D eigenvalue weighted by Crippen LogP contribution is -2.42. The molecule has 0 saturated carbocycles. The number of piperidine rings is 1. The molecule has 4 heterocycles. The van der Waals surface area contributed by atoms with Crippen molar-refractivity contribution in [3.05, 3.63) is 42.1 Å². The molecule has 0 bridgehead atoms. The molecule has 0 aliphatic carbocycles. The minimum Gasteiger partial charge on any atom is -0.469 e. The number of benzene rings is 1. The minimum absolute atomic E-state index is 0.0339. The number of esters is 1. The lowest BCUT2D eigenvalue weighted by molar-refractivity contribution is -0.150. The first-order chi connectivity index (χ1) is 17.3. The largest absolute Gasteiger partial charge is 0.469 e. The van der Waals surface area contributed by atoms with E-state index in [4.69, 9.17) is 18.9 Å². The second kappa shape index (κ2) is 10.3. The summed E-state index contributed by atoms with van der Waals surface area (Å²) in [6, 6.07) is 8.61. The summed E-state index contributed by atoms with van der Waals surface area (Å²) in [4.78, 5) is 20.4. The first kappa shape index (κ1) is 24.9. The van der Waals surface area contributed by atoms with Gasteiger partial charge in [0.05, 0.1) is 18.1 Å². The molecular weight excluding hydrogens is 488 g/mol. The van der Waals surface area contributed by atoms with E-state index in [0.717, 1.165) is 5.56 Å². The predicted octanol–water partition coefficient (Wildman–Crippen LogP) is 1.53. The lowest BCUT2D eigenvalue weighted by Gasteiger charge is -2.31. The summed E-state index contributed by atoms with van der Waals surface area (Å²) in [7, 11) is -3.51. The maximum atomic E-state index is 12.9. The summed E-state index contributed by atoms with van der Waals surface area (Å²) < 4.78 is 50.2. The highest BCUT2D eigenvalue weighted by atomic mass is 32.2. The van der Waals surface area contributed by atoms with Gasteiger partial charge in [-0.15, -0.1) is 0 Å². The van der Waals surface area contributed by atoms with E-state index in [1.165, 1.54) is 11.2 Å². The van der Waals surface area contributed by atoms with Gasteiger partial charge in [0.15, 0.2) is 12.2 Å². The highest BCUT2D eigenvalue weighted by Crippen LogP contribution is 2.31. The fraction of sp³-hybridized carbons (Fsp3) is 0.542. The zero-order chi connectivity index (χ0) is 25.3. The first-order valence-corrected chi connectivity index (χ1v) is 13.5. The molecule has 4 atom stereocenters. The van der Waals surface area contributed by atoms with E-state index in [9.17, 15) is 13.2 Å². The highest BCUT2D eigenvalue weighted by molar-refractivity contribution is 7.89. The Morgan fingerprint density at radius 1 is 1.06 bits per heavy atom. The van der Waals surface area contributed by atoms with Crippen LogP contribution in [0.1, 0.15) is 25.3 Å². The van der Waals surface area contributed by atoms with Gasteiger partial charge in [0.25, 0.3) is 0 Å². The minimum atomic E-state index is -3.51. The number of carbonyl (C=O) groups excluding carboxylic acids is 1. The van der Waals surface area contributed by atoms with Crippen LogP contribution in [-0.2, 0) is 29.0 Å². The van der Waals surface area contributed by atoms with E-state index in [1.54, 1.807) is 24.4 Å². The van der Waals surface area contributed by atoms with Crippen molar-refractivity contribution in [3.63, 3.8) is 0 Å². The van der Waals surface area contributed by atoms with Crippen LogP contribution in [-0.4, -0.2) is 85.4 Å². The Hall–Kier alpha value is -2.80. The van der Waals surface area contributed by atoms with Crippen LogP contribution in [0.3, 0.4) is 0 Å². The Morgan fingerprint density at radius 3 is 2.42 bits per heavy atom. The number of anilines is 1. The lowest BCUT2D eigenvalue weighted by atomic mass is 10.1. The number of sulfonamides is 1. The van der Waals surface area contributed by atoms with Gasteiger partial charge in [0, 0.05) is 38.3 Å². The number of aryl methyl sites for hydroxylation is 1. The topological polar surface area (TPSA) is 129 Å². The monoisotopic (exact) mass is 518 g/mol. The van der Waals surface area contributed by atoms with E-state index in [0.29, 0.717) is 49.3 Å². The fourth-order valence-electron chi connectivity index (χ4n) is 4.76. The van der Waals surface area contributed by atoms with Gasteiger partial charge in [0.2, 0.25) is 21.9 Å². The van der Waals surface area contributed by atoms with Crippen LogP contribution < -0.4 is 10.1 Å². The van der Waals surface area contributed by atoms with Gasteiger partial charge < -0.3 is 24.3 Å². The van der Waals surface area contributed by atoms with Crippen molar-refractivity contribution in [1.29, 1.82) is 0 Å². The molecule has 12 heteroatoms. The highest BCUT2D eigenvalue weighted by Gasteiger charge is 2.50. The molecule has 1 aromatic heterocycles. The summed E-state index contributed by atoms with van der Waals surface area (Å²) in [5, 5.41) is 3.30. The van der Waals surface area contributed by atoms with E-state index in [2.05, 4.69) is 15.3 Å². The molecule has 194 valence electrons. The third kappa shape index (κ3) is 5.31. The van der Waals surface area contributed by atoms with Crippen LogP contribution in [0.25, 0.3) is 0 Å². The molecule has 1 N–H and O–H groups in total. The molecule has 3 aliphatic rings. The van der Waals surface area contributed by atoms with Crippen LogP contribution in [0.2, 0.25) is 0 Å². The predicted molar refractivity (Wildman–Crippen MR) is 128 cm³/mol. The molecule has 36 heavy (non-hydrogen) atoms. The molecule has 11 nitrogen and oxygen atoms in total. The summed E-state index contributed by atoms with van der Waals surface area (Å²) in [6.07, 6.45) is 1.33. The Labute approximate surface area is 210 Å². The van der Waals surface area contributed by atoms with E-state index in [-0.39, 0.29) is 36.9 Å². The van der Waals surface area contributed by atoms with Crippen LogP contribution in [0.4, 0.5) is 5.95 Å². The van der Waals surface area contributed by atoms with Crippen LogP contribution >= 0.6 is 0 Å². The number of nitrogens with zero attached hydrogens (tertiary/aromatic N) is 3. The normalized spacial score (nSPS) is 26.9. The van der Waals surface area contributed by atoms with E-state index < -0.39 is 16.1 Å². The first-order valence-electron chi connectivity index (χ1n) is 12.0. The molecule has 3 aliphatic heterocycles. The fourth-order valence-corrected chi connectivity index (χ4v) is 6.23. The Bertz CT molecular complexity index is 1190. The third-order valence-electron chi connectivity index (χ3n) is 6.63. The molecule has 0 spiro atoms. The molecule has 3 fully saturated rings. The standard InChI is InChI=1S/C24H30N4O7S/c1-15-3-5-18(6-4-15)36(30,31)28-11-8-17(9-12-28)26-24-25-10-7-21(27-24)35-20-14-33-22-19(34-16(2)29)13-32-23(20)22/h3-7,10,17,19-20,22-23H,8-9,11-14H2,1-2H3,(H,25,26,27)/t19-,20?,22+,23+/m0/s1. The van der Waals surface area contributed by atoms with Crippen molar-refractivity contribution in [3.8, 4) is 5.88 Å². The van der Waals surface area contributed by atoms with Crippen LogP contribution in [0.15, 0.2) is 41.4 Å². The molecular formula is C24H30N4O7S. The van der Waals surface area contributed by atoms with Gasteiger partial charge in [-0.2, -0.15) is 9.29 Å². The maximum Gasteiger partial charge on any atom is 0.303 e. The molecule has 5 rings (SSSR count). The average Bonchev–Trinajstić information content (AvgIpc) is 3.43. The second-order valence-electron chi connectivity index (χ2n) is 9.25. The van der Waals surface area contributed by atoms with E-state index in [1.807, 2.05) is 19.1 Å². The molecule has 0 amide bonds. The van der Waals surface area contributed by atoms with Gasteiger partial charge in [0.1, 0.15) is 12.2 Å². The molecule has 1 aromatic carbocycles. The number of hydrogen-bond acceptors (Lipinski definition) is 10. The van der Waals surface area contributed by atoms with Crippen molar-refractivity contribution in [2.75, 3.05) is 31.6 Å². The summed E-state index contributed by atoms with van der Waals surface area (Å²) in [6.45, 7) is 4.67. The smallest absolute Gasteiger partial charge is 0.303 e. The number of ether oxygens (including phenoxy) is 4. The number of rotatable bonds is 7. The van der Waals surface area contributed by atoms with Crippen molar-refractivity contribution < 1.29 is 32.2 Å². The Morgan fingerprint density at radius 2 is 1.72 bits per heavy atom. The average molecular weight is 519 g/mol. The second-order valence-corrected chi connectivity index (χ2v) is 11.2. The van der Waals surface area contributed by atoms with Gasteiger partial charge in [-0.05, 0) is 31.9 Å². The molecule has 1 unspecified atom stereocenters. The third-order valence-corrected chi connectivity index (χ3v) is 8.54. The molecule has 3 saturated heterocycles. The number of fused-ring (bicyclic) bond motifs is 1. The van der Waals surface area contributed by atoms with Gasteiger partial charge in [-0.25, -0.2) is 13.4 Å². The van der Waals surface area contributed by atoms with Crippen molar-refractivity contribution in [1.82, 2.24) is 14.3 Å².